The lowest BCUT2D eigenvalue weighted by Crippen LogP contribution is -2.37. The Bertz CT molecular complexity index is 1180. The van der Waals surface area contributed by atoms with Gasteiger partial charge in [-0.1, -0.05) is 36.4 Å². The highest BCUT2D eigenvalue weighted by molar-refractivity contribution is 5.80. The Labute approximate surface area is 168 Å². The zero-order valence-corrected chi connectivity index (χ0v) is 15.8. The first-order chi connectivity index (χ1) is 14.3. The number of amides is 1. The van der Waals surface area contributed by atoms with Crippen LogP contribution in [0, 0.1) is 5.92 Å². The lowest BCUT2D eigenvalue weighted by atomic mass is 9.96. The molecule has 2 aromatic heterocycles. The average molecular weight is 384 g/mol. The van der Waals surface area contributed by atoms with Gasteiger partial charge in [0.2, 0.25) is 5.91 Å². The molecule has 0 fully saturated rings. The van der Waals surface area contributed by atoms with Gasteiger partial charge in [0.25, 0.3) is 0 Å². The van der Waals surface area contributed by atoms with Crippen molar-refractivity contribution in [2.24, 2.45) is 5.92 Å². The Balaban J connectivity index is 1.34. The number of rotatable bonds is 4. The zero-order valence-electron chi connectivity index (χ0n) is 15.8. The van der Waals surface area contributed by atoms with Gasteiger partial charge >= 0.3 is 0 Å². The molecule has 0 bridgehead atoms. The molecule has 2 aromatic carbocycles. The number of ether oxygens (including phenoxy) is 1. The van der Waals surface area contributed by atoms with Gasteiger partial charge in [-0.05, 0) is 36.2 Å². The van der Waals surface area contributed by atoms with Crippen LogP contribution in [0.15, 0.2) is 73.2 Å². The number of pyridine rings is 1. The third-order valence-electron chi connectivity index (χ3n) is 5.25. The van der Waals surface area contributed by atoms with E-state index in [4.69, 9.17) is 4.74 Å². The predicted octanol–water partition coefficient (Wildman–Crippen LogP) is 3.29. The summed E-state index contributed by atoms with van der Waals surface area (Å²) in [4.78, 5) is 21.7. The Morgan fingerprint density at radius 2 is 1.93 bits per heavy atom. The maximum absolute atomic E-state index is 12.8. The summed E-state index contributed by atoms with van der Waals surface area (Å²) in [5.74, 6) is 1.44. The Hall–Kier alpha value is -3.67. The van der Waals surface area contributed by atoms with E-state index in [9.17, 15) is 4.79 Å². The molecule has 0 spiro atoms. The highest BCUT2D eigenvalue weighted by Crippen LogP contribution is 2.27. The van der Waals surface area contributed by atoms with Crippen molar-refractivity contribution in [1.29, 1.82) is 0 Å². The third-order valence-corrected chi connectivity index (χ3v) is 5.25. The Morgan fingerprint density at radius 3 is 2.90 bits per heavy atom. The minimum absolute atomic E-state index is 0.00945. The fourth-order valence-corrected chi connectivity index (χ4v) is 3.74. The van der Waals surface area contributed by atoms with E-state index in [1.807, 2.05) is 65.2 Å². The second-order valence-electron chi connectivity index (χ2n) is 7.13. The van der Waals surface area contributed by atoms with E-state index in [0.717, 1.165) is 33.7 Å². The fraction of sp³-hybridized carbons (Fsp3) is 0.174. The van der Waals surface area contributed by atoms with Crippen LogP contribution < -0.4 is 10.1 Å². The summed E-state index contributed by atoms with van der Waals surface area (Å²) in [6.07, 6.45) is 4.21. The average Bonchev–Trinajstić information content (AvgIpc) is 3.21. The highest BCUT2D eigenvalue weighted by Gasteiger charge is 2.25. The molecule has 1 amide bonds. The van der Waals surface area contributed by atoms with Gasteiger partial charge in [-0.15, -0.1) is 0 Å². The molecular formula is C23H20N4O2. The molecule has 0 radical (unpaired) electrons. The number of imidazole rings is 1. The van der Waals surface area contributed by atoms with Gasteiger partial charge < -0.3 is 10.1 Å². The summed E-state index contributed by atoms with van der Waals surface area (Å²) >= 11 is 0. The summed E-state index contributed by atoms with van der Waals surface area (Å²) in [5, 5.41) is 3.06. The minimum atomic E-state index is -0.195. The number of fused-ring (bicyclic) bond motifs is 2. The molecule has 0 saturated heterocycles. The number of aromatic nitrogens is 3. The van der Waals surface area contributed by atoms with Gasteiger partial charge in [-0.25, -0.2) is 9.97 Å². The van der Waals surface area contributed by atoms with Gasteiger partial charge in [0.05, 0.1) is 17.0 Å². The van der Waals surface area contributed by atoms with Crippen LogP contribution in [-0.4, -0.2) is 27.0 Å². The van der Waals surface area contributed by atoms with Crippen molar-refractivity contribution in [1.82, 2.24) is 19.9 Å². The summed E-state index contributed by atoms with van der Waals surface area (Å²) in [7, 11) is 0. The summed E-state index contributed by atoms with van der Waals surface area (Å²) in [6.45, 7) is 0.793. The summed E-state index contributed by atoms with van der Waals surface area (Å²) in [5.41, 5.74) is 3.90. The van der Waals surface area contributed by atoms with Gasteiger partial charge in [0.1, 0.15) is 24.5 Å². The number of nitrogens with one attached hydrogen (secondary N) is 1. The molecule has 6 nitrogen and oxygen atoms in total. The molecular weight excluding hydrogens is 364 g/mol. The van der Waals surface area contributed by atoms with E-state index in [1.165, 1.54) is 0 Å². The molecule has 0 saturated carbocycles. The second kappa shape index (κ2) is 7.39. The van der Waals surface area contributed by atoms with E-state index in [1.54, 1.807) is 12.5 Å². The van der Waals surface area contributed by atoms with Crippen molar-refractivity contribution in [2.45, 2.75) is 13.0 Å². The molecule has 6 heteroatoms. The second-order valence-corrected chi connectivity index (χ2v) is 7.13. The van der Waals surface area contributed by atoms with Crippen molar-refractivity contribution in [2.75, 3.05) is 6.61 Å². The lowest BCUT2D eigenvalue weighted by molar-refractivity contribution is -0.126. The van der Waals surface area contributed by atoms with Crippen LogP contribution in [0.25, 0.3) is 16.9 Å². The molecule has 4 aromatic rings. The summed E-state index contributed by atoms with van der Waals surface area (Å²) < 4.78 is 7.71. The Morgan fingerprint density at radius 1 is 1.07 bits per heavy atom. The number of hydrogen-bond acceptors (Lipinski definition) is 4. The van der Waals surface area contributed by atoms with Gasteiger partial charge in [0.15, 0.2) is 0 Å². The van der Waals surface area contributed by atoms with Crippen LogP contribution in [0.1, 0.15) is 11.1 Å². The van der Waals surface area contributed by atoms with Gasteiger partial charge in [-0.2, -0.15) is 0 Å². The van der Waals surface area contributed by atoms with Crippen molar-refractivity contribution in [3.8, 4) is 11.6 Å². The van der Waals surface area contributed by atoms with Crippen LogP contribution >= 0.6 is 0 Å². The highest BCUT2D eigenvalue weighted by atomic mass is 16.5. The predicted molar refractivity (Wildman–Crippen MR) is 110 cm³/mol. The molecule has 1 aliphatic heterocycles. The fourth-order valence-electron chi connectivity index (χ4n) is 3.74. The van der Waals surface area contributed by atoms with Crippen molar-refractivity contribution in [3.63, 3.8) is 0 Å². The number of carbonyl (C=O) groups excluding carboxylic acids is 1. The van der Waals surface area contributed by atoms with E-state index in [2.05, 4.69) is 15.3 Å². The normalized spacial score (nSPS) is 15.5. The smallest absolute Gasteiger partial charge is 0.227 e. The molecule has 5 rings (SSSR count). The van der Waals surface area contributed by atoms with Crippen LogP contribution in [-0.2, 0) is 17.8 Å². The number of nitrogens with zero attached hydrogens (tertiary/aromatic N) is 3. The third kappa shape index (κ3) is 3.33. The maximum atomic E-state index is 12.8. The van der Waals surface area contributed by atoms with Gasteiger partial charge in [0, 0.05) is 18.3 Å². The topological polar surface area (TPSA) is 69.0 Å². The number of carbonyl (C=O) groups is 1. The first-order valence-electron chi connectivity index (χ1n) is 9.64. The first-order valence-corrected chi connectivity index (χ1v) is 9.64. The van der Waals surface area contributed by atoms with E-state index >= 15 is 0 Å². The SMILES string of the molecule is O=C(NCc1cccnc1-n1cnc2ccccc21)[C@H]1COc2ccccc2C1. The molecule has 0 aliphatic carbocycles. The molecule has 29 heavy (non-hydrogen) atoms. The number of benzene rings is 2. The van der Waals surface area contributed by atoms with Crippen molar-refractivity contribution in [3.05, 3.63) is 84.3 Å². The van der Waals surface area contributed by atoms with Crippen LogP contribution in [0.3, 0.4) is 0 Å². The molecule has 0 unspecified atom stereocenters. The Kier molecular flexibility index (Phi) is 4.44. The number of para-hydroxylation sites is 3. The molecule has 144 valence electrons. The summed E-state index contributed by atoms with van der Waals surface area (Å²) in [6, 6.07) is 19.7. The maximum Gasteiger partial charge on any atom is 0.227 e. The number of hydrogen-bond donors (Lipinski definition) is 1. The zero-order chi connectivity index (χ0) is 19.6. The van der Waals surface area contributed by atoms with E-state index < -0.39 is 0 Å². The minimum Gasteiger partial charge on any atom is -0.492 e. The van der Waals surface area contributed by atoms with Crippen molar-refractivity contribution < 1.29 is 9.53 Å². The van der Waals surface area contributed by atoms with Crippen molar-refractivity contribution >= 4 is 16.9 Å². The quantitative estimate of drug-likeness (QED) is 0.586. The van der Waals surface area contributed by atoms with Crippen LogP contribution in [0.4, 0.5) is 0 Å². The van der Waals surface area contributed by atoms with E-state index in [-0.39, 0.29) is 11.8 Å². The first kappa shape index (κ1) is 17.4. The standard InChI is InChI=1S/C23H20N4O2/c28-23(18-12-16-6-1-4-10-21(16)29-14-18)25-13-17-7-5-11-24-22(17)27-15-26-19-8-2-3-9-20(19)27/h1-11,15,18H,12-14H2,(H,25,28)/t18-/m1/s1. The molecule has 3 heterocycles. The van der Waals surface area contributed by atoms with Gasteiger partial charge in [-0.3, -0.25) is 9.36 Å². The molecule has 1 N–H and O–H groups in total. The monoisotopic (exact) mass is 384 g/mol. The van der Waals surface area contributed by atoms with Crippen LogP contribution in [0.2, 0.25) is 0 Å². The van der Waals surface area contributed by atoms with Crippen LogP contribution in [0.5, 0.6) is 5.75 Å². The lowest BCUT2D eigenvalue weighted by Gasteiger charge is -2.24. The largest absolute Gasteiger partial charge is 0.492 e. The van der Waals surface area contributed by atoms with E-state index in [0.29, 0.717) is 19.6 Å². The molecule has 1 aliphatic rings. The molecule has 1 atom stereocenters.